The molecule has 0 saturated heterocycles. The number of hydrogen-bond donors (Lipinski definition) is 2. The molecule has 3 aromatic rings. The van der Waals surface area contributed by atoms with E-state index in [0.717, 1.165) is 20.9 Å². The molecule has 6 heteroatoms. The molecule has 2 N–H and O–H groups in total. The molecule has 2 heterocycles. The van der Waals surface area contributed by atoms with Crippen molar-refractivity contribution < 1.29 is 0 Å². The number of hydrogen-bond acceptors (Lipinski definition) is 6. The highest BCUT2D eigenvalue weighted by atomic mass is 32.2. The third kappa shape index (κ3) is 5.98. The number of pyridine rings is 1. The Balaban J connectivity index is 1.48. The third-order valence-corrected chi connectivity index (χ3v) is 5.61. The molecule has 0 saturated carbocycles. The van der Waals surface area contributed by atoms with Crippen LogP contribution in [-0.2, 0) is 6.54 Å². The van der Waals surface area contributed by atoms with E-state index >= 15 is 0 Å². The van der Waals surface area contributed by atoms with Crippen LogP contribution in [0.5, 0.6) is 0 Å². The van der Waals surface area contributed by atoms with E-state index in [1.54, 1.807) is 29.3 Å². The number of benzene rings is 1. The topological polar surface area (TPSA) is 49.8 Å². The Morgan fingerprint density at radius 1 is 1.19 bits per heavy atom. The third-order valence-electron chi connectivity index (χ3n) is 3.80. The van der Waals surface area contributed by atoms with Crippen LogP contribution in [0.15, 0.2) is 71.9 Å². The van der Waals surface area contributed by atoms with Crippen molar-refractivity contribution in [3.05, 3.63) is 87.9 Å². The largest absolute Gasteiger partial charge is 0.375 e. The minimum absolute atomic E-state index is 0.699. The van der Waals surface area contributed by atoms with Gasteiger partial charge in [0.1, 0.15) is 5.82 Å². The maximum absolute atomic E-state index is 4.39. The van der Waals surface area contributed by atoms with E-state index in [9.17, 15) is 0 Å². The van der Waals surface area contributed by atoms with Gasteiger partial charge >= 0.3 is 0 Å². The number of allylic oxidation sites excluding steroid dienone is 1. The lowest BCUT2D eigenvalue weighted by atomic mass is 10.1. The summed E-state index contributed by atoms with van der Waals surface area (Å²) in [5, 5.41) is 10.4. The Labute approximate surface area is 168 Å². The van der Waals surface area contributed by atoms with E-state index in [1.165, 1.54) is 16.7 Å². The molecule has 0 unspecified atom stereocenters. The molecule has 138 valence electrons. The summed E-state index contributed by atoms with van der Waals surface area (Å²) in [6.07, 6.45) is 3.63. The lowest BCUT2D eigenvalue weighted by Crippen LogP contribution is -2.07. The summed E-state index contributed by atoms with van der Waals surface area (Å²) in [5.74, 6) is 0.794. The zero-order chi connectivity index (χ0) is 19.1. The van der Waals surface area contributed by atoms with Gasteiger partial charge in [-0.3, -0.25) is 0 Å². The number of thiazole rings is 1. The van der Waals surface area contributed by atoms with Crippen molar-refractivity contribution in [2.24, 2.45) is 0 Å². The summed E-state index contributed by atoms with van der Waals surface area (Å²) in [7, 11) is 0. The molecular formula is C21H22N4S2. The Bertz CT molecular complexity index is 915. The second-order valence-electron chi connectivity index (χ2n) is 6.03. The fourth-order valence-corrected chi connectivity index (χ4v) is 3.63. The van der Waals surface area contributed by atoms with Gasteiger partial charge in [0.2, 0.25) is 0 Å². The van der Waals surface area contributed by atoms with Gasteiger partial charge in [0.05, 0.1) is 11.6 Å². The predicted molar refractivity (Wildman–Crippen MR) is 118 cm³/mol. The zero-order valence-electron chi connectivity index (χ0n) is 15.4. The lowest BCUT2D eigenvalue weighted by Gasteiger charge is -2.07. The highest BCUT2D eigenvalue weighted by Gasteiger charge is 2.04. The van der Waals surface area contributed by atoms with Gasteiger partial charge in [0.25, 0.3) is 0 Å². The van der Waals surface area contributed by atoms with Gasteiger partial charge in [-0.15, -0.1) is 0 Å². The van der Waals surface area contributed by atoms with Crippen LogP contribution in [-0.4, -0.2) is 9.97 Å². The SMILES string of the molecule is C=C(NCc1cnc(Nc2ccccn2)s1)S/C=C(\C)c1ccc(C)cc1. The normalized spacial score (nSPS) is 11.3. The lowest BCUT2D eigenvalue weighted by molar-refractivity contribution is 0.873. The van der Waals surface area contributed by atoms with Crippen molar-refractivity contribution in [2.45, 2.75) is 20.4 Å². The number of nitrogens with zero attached hydrogens (tertiary/aromatic N) is 2. The minimum Gasteiger partial charge on any atom is -0.375 e. The van der Waals surface area contributed by atoms with Crippen LogP contribution in [0.2, 0.25) is 0 Å². The van der Waals surface area contributed by atoms with Gasteiger partial charge in [-0.1, -0.05) is 65.6 Å². The van der Waals surface area contributed by atoms with E-state index < -0.39 is 0 Å². The molecule has 0 bridgehead atoms. The fraction of sp³-hybridized carbons (Fsp3) is 0.143. The van der Waals surface area contributed by atoms with E-state index in [4.69, 9.17) is 0 Å². The Kier molecular flexibility index (Phi) is 6.68. The smallest absolute Gasteiger partial charge is 0.188 e. The Hall–Kier alpha value is -2.57. The summed E-state index contributed by atoms with van der Waals surface area (Å²) in [5.41, 5.74) is 3.72. The molecule has 1 aromatic carbocycles. The average molecular weight is 395 g/mol. The molecule has 0 aliphatic carbocycles. The second-order valence-corrected chi connectivity index (χ2v) is 8.11. The molecule has 27 heavy (non-hydrogen) atoms. The van der Waals surface area contributed by atoms with Crippen LogP contribution >= 0.6 is 23.1 Å². The van der Waals surface area contributed by atoms with E-state index in [2.05, 4.69) is 70.7 Å². The first-order valence-electron chi connectivity index (χ1n) is 8.56. The molecule has 0 aliphatic heterocycles. The Morgan fingerprint density at radius 3 is 2.74 bits per heavy atom. The molecule has 0 atom stereocenters. The standard InChI is InChI=1S/C21H22N4S2/c1-15-7-9-18(10-8-15)16(2)14-26-17(3)23-12-19-13-24-21(27-19)25-20-6-4-5-11-22-20/h4-11,13-14,23H,3,12H2,1-2H3,(H,22,24,25)/b16-14+. The van der Waals surface area contributed by atoms with Gasteiger partial charge in [0.15, 0.2) is 5.13 Å². The first-order valence-corrected chi connectivity index (χ1v) is 10.3. The molecule has 2 aromatic heterocycles. The molecular weight excluding hydrogens is 372 g/mol. The van der Waals surface area contributed by atoms with Crippen LogP contribution in [0.3, 0.4) is 0 Å². The second kappa shape index (κ2) is 9.39. The monoisotopic (exact) mass is 394 g/mol. The van der Waals surface area contributed by atoms with Gasteiger partial charge in [0, 0.05) is 17.3 Å². The summed E-state index contributed by atoms with van der Waals surface area (Å²) in [6, 6.07) is 14.3. The van der Waals surface area contributed by atoms with Crippen molar-refractivity contribution in [3.8, 4) is 0 Å². The number of anilines is 2. The highest BCUT2D eigenvalue weighted by molar-refractivity contribution is 8.05. The van der Waals surface area contributed by atoms with E-state index in [-0.39, 0.29) is 0 Å². The summed E-state index contributed by atoms with van der Waals surface area (Å²) >= 11 is 3.20. The zero-order valence-corrected chi connectivity index (χ0v) is 17.0. The molecule has 0 aliphatic rings. The van der Waals surface area contributed by atoms with Gasteiger partial charge < -0.3 is 10.6 Å². The van der Waals surface area contributed by atoms with Crippen LogP contribution in [0.25, 0.3) is 5.57 Å². The number of thioether (sulfide) groups is 1. The van der Waals surface area contributed by atoms with Crippen LogP contribution in [0, 0.1) is 6.92 Å². The summed E-state index contributed by atoms with van der Waals surface area (Å²) in [6.45, 7) is 9.00. The number of nitrogens with one attached hydrogen (secondary N) is 2. The quantitative estimate of drug-likeness (QED) is 0.495. The molecule has 0 fully saturated rings. The van der Waals surface area contributed by atoms with E-state index in [1.807, 2.05) is 24.4 Å². The van der Waals surface area contributed by atoms with Crippen LogP contribution < -0.4 is 10.6 Å². The highest BCUT2D eigenvalue weighted by Crippen LogP contribution is 2.24. The van der Waals surface area contributed by atoms with Crippen molar-refractivity contribution >= 4 is 39.6 Å². The Morgan fingerprint density at radius 2 is 2.00 bits per heavy atom. The maximum Gasteiger partial charge on any atom is 0.188 e. The predicted octanol–water partition coefficient (Wildman–Crippen LogP) is 5.95. The van der Waals surface area contributed by atoms with Gasteiger partial charge in [-0.25, -0.2) is 9.97 Å². The number of aryl methyl sites for hydroxylation is 1. The van der Waals surface area contributed by atoms with Gasteiger partial charge in [-0.2, -0.15) is 0 Å². The minimum atomic E-state index is 0.699. The van der Waals surface area contributed by atoms with Crippen LogP contribution in [0.1, 0.15) is 22.9 Å². The molecule has 0 radical (unpaired) electrons. The van der Waals surface area contributed by atoms with Crippen LogP contribution in [0.4, 0.5) is 10.9 Å². The number of rotatable bonds is 8. The van der Waals surface area contributed by atoms with E-state index in [0.29, 0.717) is 6.54 Å². The number of aromatic nitrogens is 2. The summed E-state index contributed by atoms with van der Waals surface area (Å²) in [4.78, 5) is 9.77. The molecule has 0 amide bonds. The first kappa shape index (κ1) is 19.2. The van der Waals surface area contributed by atoms with Crippen molar-refractivity contribution in [2.75, 3.05) is 5.32 Å². The molecule has 4 nitrogen and oxygen atoms in total. The summed E-state index contributed by atoms with van der Waals surface area (Å²) < 4.78 is 0. The van der Waals surface area contributed by atoms with Crippen molar-refractivity contribution in [3.63, 3.8) is 0 Å². The van der Waals surface area contributed by atoms with Gasteiger partial charge in [-0.05, 0) is 42.5 Å². The maximum atomic E-state index is 4.39. The van der Waals surface area contributed by atoms with Crippen molar-refractivity contribution in [1.82, 2.24) is 15.3 Å². The molecule has 0 spiro atoms. The average Bonchev–Trinajstić information content (AvgIpc) is 3.13. The van der Waals surface area contributed by atoms with Crippen molar-refractivity contribution in [1.29, 1.82) is 0 Å². The fourth-order valence-electron chi connectivity index (χ4n) is 2.26. The molecule has 3 rings (SSSR count). The first-order chi connectivity index (χ1) is 13.1.